The second-order valence-electron chi connectivity index (χ2n) is 4.08. The lowest BCUT2D eigenvalue weighted by molar-refractivity contribution is 0.447. The molecule has 0 aromatic rings. The van der Waals surface area contributed by atoms with Gasteiger partial charge < -0.3 is 5.73 Å². The number of hydrogen-bond donors (Lipinski definition) is 2. The van der Waals surface area contributed by atoms with Gasteiger partial charge in [-0.3, -0.25) is 0 Å². The second-order valence-corrected chi connectivity index (χ2v) is 8.07. The summed E-state index contributed by atoms with van der Waals surface area (Å²) in [7, 11) is -5.42. The third-order valence-corrected chi connectivity index (χ3v) is 4.80. The van der Waals surface area contributed by atoms with Crippen LogP contribution in [0, 0.1) is 0 Å². The first-order chi connectivity index (χ1) is 7.58. The van der Waals surface area contributed by atoms with E-state index in [0.29, 0.717) is 19.5 Å². The molecule has 0 bridgehead atoms. The Bertz CT molecular complexity index is 418. The van der Waals surface area contributed by atoms with E-state index in [0.717, 1.165) is 10.6 Å². The zero-order valence-corrected chi connectivity index (χ0v) is 12.0. The predicted octanol–water partition coefficient (Wildman–Crippen LogP) is -1.47. The highest BCUT2D eigenvalue weighted by Gasteiger charge is 2.21. The van der Waals surface area contributed by atoms with Crippen LogP contribution in [0.4, 0.5) is 0 Å². The van der Waals surface area contributed by atoms with E-state index >= 15 is 0 Å². The fourth-order valence-corrected chi connectivity index (χ4v) is 3.50. The zero-order valence-electron chi connectivity index (χ0n) is 10.4. The van der Waals surface area contributed by atoms with Gasteiger partial charge in [0, 0.05) is 25.9 Å². The SMILES string of the molecule is CC(CS(C)(=O)=O)NS(=O)(=O)N(C)CCCN. The summed E-state index contributed by atoms with van der Waals surface area (Å²) in [6.45, 7) is 2.21. The summed E-state index contributed by atoms with van der Waals surface area (Å²) in [5, 5.41) is 0. The van der Waals surface area contributed by atoms with Crippen LogP contribution in [0.15, 0.2) is 0 Å². The van der Waals surface area contributed by atoms with Crippen molar-refractivity contribution in [3.05, 3.63) is 0 Å². The average molecular weight is 287 g/mol. The molecule has 0 saturated heterocycles. The number of rotatable bonds is 8. The quantitative estimate of drug-likeness (QED) is 0.566. The van der Waals surface area contributed by atoms with Crippen molar-refractivity contribution in [2.75, 3.05) is 32.1 Å². The lowest BCUT2D eigenvalue weighted by atomic mass is 10.4. The van der Waals surface area contributed by atoms with Crippen LogP contribution in [0.25, 0.3) is 0 Å². The van der Waals surface area contributed by atoms with Gasteiger partial charge in [0.1, 0.15) is 9.84 Å². The standard InChI is InChI=1S/C8H21N3O4S2/c1-8(7-16(3,12)13)10-17(14,15)11(2)6-4-5-9/h8,10H,4-7,9H2,1-3H3. The first-order valence-electron chi connectivity index (χ1n) is 5.20. The van der Waals surface area contributed by atoms with Crippen LogP contribution < -0.4 is 10.5 Å². The Balaban J connectivity index is 4.44. The molecule has 3 N–H and O–H groups in total. The molecule has 0 spiro atoms. The number of nitrogens with zero attached hydrogens (tertiary/aromatic N) is 1. The molecule has 0 rings (SSSR count). The molecule has 0 heterocycles. The van der Waals surface area contributed by atoms with Gasteiger partial charge in [-0.1, -0.05) is 0 Å². The molecule has 104 valence electrons. The van der Waals surface area contributed by atoms with E-state index in [9.17, 15) is 16.8 Å². The smallest absolute Gasteiger partial charge is 0.279 e. The van der Waals surface area contributed by atoms with Gasteiger partial charge in [0.05, 0.1) is 5.75 Å². The molecule has 7 nitrogen and oxygen atoms in total. The van der Waals surface area contributed by atoms with Crippen LogP contribution in [0.5, 0.6) is 0 Å². The van der Waals surface area contributed by atoms with Crippen molar-refractivity contribution in [2.45, 2.75) is 19.4 Å². The molecule has 0 aliphatic heterocycles. The average Bonchev–Trinajstić information content (AvgIpc) is 2.09. The summed E-state index contributed by atoms with van der Waals surface area (Å²) in [5.41, 5.74) is 5.28. The van der Waals surface area contributed by atoms with Crippen molar-refractivity contribution < 1.29 is 16.8 Å². The Hall–Kier alpha value is -0.220. The van der Waals surface area contributed by atoms with E-state index in [2.05, 4.69) is 4.72 Å². The molecule has 0 aromatic carbocycles. The minimum absolute atomic E-state index is 0.225. The molecule has 9 heteroatoms. The first-order valence-corrected chi connectivity index (χ1v) is 8.70. The van der Waals surface area contributed by atoms with Crippen molar-refractivity contribution in [1.82, 2.24) is 9.03 Å². The van der Waals surface area contributed by atoms with E-state index in [-0.39, 0.29) is 5.75 Å². The summed E-state index contributed by atoms with van der Waals surface area (Å²) in [4.78, 5) is 0. The highest BCUT2D eigenvalue weighted by atomic mass is 32.2. The molecule has 0 radical (unpaired) electrons. The van der Waals surface area contributed by atoms with Crippen molar-refractivity contribution in [3.8, 4) is 0 Å². The summed E-state index contributed by atoms with van der Waals surface area (Å²) in [5.74, 6) is -0.225. The molecule has 1 atom stereocenters. The Kier molecular flexibility index (Phi) is 6.56. The van der Waals surface area contributed by atoms with Gasteiger partial charge in [-0.15, -0.1) is 0 Å². The Labute approximate surface area is 103 Å². The molecule has 17 heavy (non-hydrogen) atoms. The molecule has 1 unspecified atom stereocenters. The number of nitrogens with two attached hydrogens (primary N) is 1. The Morgan fingerprint density at radius 1 is 1.29 bits per heavy atom. The largest absolute Gasteiger partial charge is 0.330 e. The minimum Gasteiger partial charge on any atom is -0.330 e. The van der Waals surface area contributed by atoms with Crippen molar-refractivity contribution >= 4 is 20.0 Å². The maximum absolute atomic E-state index is 11.7. The van der Waals surface area contributed by atoms with Crippen LogP contribution in [-0.2, 0) is 20.0 Å². The number of hydrogen-bond acceptors (Lipinski definition) is 5. The molecule has 0 saturated carbocycles. The third-order valence-electron chi connectivity index (χ3n) is 1.99. The summed E-state index contributed by atoms with van der Waals surface area (Å²) < 4.78 is 48.9. The fourth-order valence-electron chi connectivity index (χ4n) is 1.27. The Morgan fingerprint density at radius 3 is 2.24 bits per heavy atom. The molecular weight excluding hydrogens is 266 g/mol. The predicted molar refractivity (Wildman–Crippen MR) is 67.5 cm³/mol. The normalized spacial score (nSPS) is 15.1. The Morgan fingerprint density at radius 2 is 1.82 bits per heavy atom. The molecule has 0 aromatic heterocycles. The first kappa shape index (κ1) is 16.8. The third kappa shape index (κ3) is 7.66. The van der Waals surface area contributed by atoms with Gasteiger partial charge in [-0.05, 0) is 19.9 Å². The van der Waals surface area contributed by atoms with E-state index in [1.165, 1.54) is 14.0 Å². The van der Waals surface area contributed by atoms with Crippen molar-refractivity contribution in [3.63, 3.8) is 0 Å². The van der Waals surface area contributed by atoms with Gasteiger partial charge in [-0.2, -0.15) is 17.4 Å². The second kappa shape index (κ2) is 6.64. The van der Waals surface area contributed by atoms with Gasteiger partial charge in [0.2, 0.25) is 0 Å². The molecule has 0 aliphatic rings. The monoisotopic (exact) mass is 287 g/mol. The number of sulfone groups is 1. The zero-order chi connectivity index (χ0) is 13.7. The van der Waals surface area contributed by atoms with Crippen LogP contribution in [0.2, 0.25) is 0 Å². The maximum atomic E-state index is 11.7. The van der Waals surface area contributed by atoms with E-state index in [1.54, 1.807) is 0 Å². The van der Waals surface area contributed by atoms with Crippen molar-refractivity contribution in [2.24, 2.45) is 5.73 Å². The summed E-state index contributed by atoms with van der Waals surface area (Å²) in [6.07, 6.45) is 1.62. The maximum Gasteiger partial charge on any atom is 0.279 e. The van der Waals surface area contributed by atoms with Gasteiger partial charge in [0.25, 0.3) is 10.2 Å². The summed E-state index contributed by atoms with van der Waals surface area (Å²) >= 11 is 0. The topological polar surface area (TPSA) is 110 Å². The van der Waals surface area contributed by atoms with Gasteiger partial charge >= 0.3 is 0 Å². The molecule has 0 amide bonds. The van der Waals surface area contributed by atoms with Gasteiger partial charge in [-0.25, -0.2) is 8.42 Å². The van der Waals surface area contributed by atoms with Crippen LogP contribution in [0.3, 0.4) is 0 Å². The summed E-state index contributed by atoms with van der Waals surface area (Å²) in [6, 6.07) is -0.657. The van der Waals surface area contributed by atoms with E-state index < -0.39 is 26.1 Å². The molecule has 0 fully saturated rings. The van der Waals surface area contributed by atoms with Crippen LogP contribution in [0.1, 0.15) is 13.3 Å². The lowest BCUT2D eigenvalue weighted by Gasteiger charge is -2.20. The molecule has 0 aliphatic carbocycles. The highest BCUT2D eigenvalue weighted by Crippen LogP contribution is 1.99. The van der Waals surface area contributed by atoms with Crippen LogP contribution in [-0.4, -0.2) is 59.3 Å². The highest BCUT2D eigenvalue weighted by molar-refractivity contribution is 7.90. The number of nitrogens with one attached hydrogen (secondary N) is 1. The fraction of sp³-hybridized carbons (Fsp3) is 1.00. The van der Waals surface area contributed by atoms with E-state index in [1.807, 2.05) is 0 Å². The lowest BCUT2D eigenvalue weighted by Crippen LogP contribution is -2.45. The minimum atomic E-state index is -3.64. The molecular formula is C8H21N3O4S2. The van der Waals surface area contributed by atoms with Gasteiger partial charge in [0.15, 0.2) is 0 Å². The van der Waals surface area contributed by atoms with E-state index in [4.69, 9.17) is 5.73 Å². The van der Waals surface area contributed by atoms with Crippen LogP contribution >= 0.6 is 0 Å². The van der Waals surface area contributed by atoms with Crippen molar-refractivity contribution in [1.29, 1.82) is 0 Å².